The first kappa shape index (κ1) is 49.0. The maximum Gasteiger partial charge on any atom is 0.195 e. The molecule has 3 heterocycles. The number of nitrogen functional groups attached to an aromatic ring is 1. The van der Waals surface area contributed by atoms with Gasteiger partial charge in [0.1, 0.15) is 28.2 Å². The summed E-state index contributed by atoms with van der Waals surface area (Å²) in [7, 11) is 0. The SMILES string of the molecule is CCC.CCC1(CC)CN(Cc2ccc(N(C(=N)C(C)=O)C(=N)c3cc(C(C)C)c(O)cc3O)cc2)C1.Cc1cccc(Sc2ncc(N3CCC(C)(N)CC3)nc2N)c1Cl. The van der Waals surface area contributed by atoms with Crippen LogP contribution in [0.4, 0.5) is 17.3 Å². The minimum absolute atomic E-state index is 0.0344. The molecule has 2 aliphatic heterocycles. The summed E-state index contributed by atoms with van der Waals surface area (Å²) in [5, 5.41) is 39.2. The zero-order chi connectivity index (χ0) is 45.2. The Balaban J connectivity index is 0.000000265. The van der Waals surface area contributed by atoms with Gasteiger partial charge in [-0.15, -0.1) is 0 Å². The van der Waals surface area contributed by atoms with Crippen LogP contribution in [-0.2, 0) is 11.3 Å². The Labute approximate surface area is 372 Å². The number of hydrogen-bond donors (Lipinski definition) is 6. The fraction of sp³-hybridized carbons (Fsp3) is 0.468. The number of nitrogens with two attached hydrogens (primary N) is 2. The van der Waals surface area contributed by atoms with Crippen molar-refractivity contribution >= 4 is 58.1 Å². The smallest absolute Gasteiger partial charge is 0.195 e. The van der Waals surface area contributed by atoms with Crippen LogP contribution in [0.5, 0.6) is 11.5 Å². The second-order valence-electron chi connectivity index (χ2n) is 16.9. The van der Waals surface area contributed by atoms with Crippen molar-refractivity contribution in [3.8, 4) is 11.5 Å². The molecular weight excluding hydrogens is 806 g/mol. The lowest BCUT2D eigenvalue weighted by Crippen LogP contribution is -2.54. The van der Waals surface area contributed by atoms with Crippen molar-refractivity contribution in [1.29, 1.82) is 10.8 Å². The number of Topliss-reactive ketones (excluding diaryl/α,β-unsaturated/α-hetero) is 1. The number of aromatic hydroxyl groups is 2. The van der Waals surface area contributed by atoms with E-state index in [-0.39, 0.29) is 40.2 Å². The van der Waals surface area contributed by atoms with Crippen LogP contribution < -0.4 is 21.3 Å². The summed E-state index contributed by atoms with van der Waals surface area (Å²) >= 11 is 7.79. The average Bonchev–Trinajstić information content (AvgIpc) is 3.19. The zero-order valence-electron chi connectivity index (χ0n) is 37.4. The third kappa shape index (κ3) is 12.5. The Morgan fingerprint density at radius 2 is 1.61 bits per heavy atom. The number of nitrogens with one attached hydrogen (secondary N) is 2. The summed E-state index contributed by atoms with van der Waals surface area (Å²) in [6.45, 7) is 22.7. The highest BCUT2D eigenvalue weighted by atomic mass is 35.5. The molecule has 14 heteroatoms. The molecule has 6 rings (SSSR count). The Bertz CT molecular complexity index is 2140. The number of carbonyl (C=O) groups is 1. The molecule has 0 unspecified atom stereocenters. The molecule has 0 spiro atoms. The van der Waals surface area contributed by atoms with Gasteiger partial charge in [0.25, 0.3) is 0 Å². The topological polar surface area (TPSA) is 193 Å². The van der Waals surface area contributed by atoms with E-state index in [0.717, 1.165) is 72.4 Å². The van der Waals surface area contributed by atoms with E-state index in [2.05, 4.69) is 54.4 Å². The molecule has 2 fully saturated rings. The highest BCUT2D eigenvalue weighted by molar-refractivity contribution is 7.99. The van der Waals surface area contributed by atoms with E-state index in [0.29, 0.717) is 27.5 Å². The first-order valence-corrected chi connectivity index (χ1v) is 22.4. The van der Waals surface area contributed by atoms with E-state index in [1.807, 2.05) is 51.1 Å². The Hall–Kier alpha value is -4.69. The number of phenols is 2. The summed E-state index contributed by atoms with van der Waals surface area (Å²) in [5.41, 5.74) is 16.0. The summed E-state index contributed by atoms with van der Waals surface area (Å²) in [6, 6.07) is 16.2. The van der Waals surface area contributed by atoms with Gasteiger partial charge in [-0.3, -0.25) is 25.4 Å². The van der Waals surface area contributed by atoms with Crippen molar-refractivity contribution in [2.75, 3.05) is 41.7 Å². The molecule has 0 atom stereocenters. The molecule has 8 N–H and O–H groups in total. The summed E-state index contributed by atoms with van der Waals surface area (Å²) in [6.07, 6.45) is 7.27. The molecule has 0 saturated carbocycles. The molecule has 3 aromatic carbocycles. The van der Waals surface area contributed by atoms with Crippen LogP contribution in [0.15, 0.2) is 70.7 Å². The van der Waals surface area contributed by atoms with E-state index in [9.17, 15) is 15.0 Å². The number of rotatable bonds is 11. The van der Waals surface area contributed by atoms with Crippen LogP contribution in [0.25, 0.3) is 0 Å². The van der Waals surface area contributed by atoms with Crippen LogP contribution in [0.3, 0.4) is 0 Å². The van der Waals surface area contributed by atoms with Gasteiger partial charge in [-0.25, -0.2) is 9.97 Å². The van der Waals surface area contributed by atoms with Crippen LogP contribution in [-0.4, -0.2) is 74.3 Å². The molecule has 1 aromatic heterocycles. The van der Waals surface area contributed by atoms with Crippen molar-refractivity contribution in [3.05, 3.63) is 88.1 Å². The van der Waals surface area contributed by atoms with Gasteiger partial charge in [-0.05, 0) is 91.8 Å². The van der Waals surface area contributed by atoms with E-state index in [1.165, 1.54) is 48.9 Å². The second-order valence-corrected chi connectivity index (χ2v) is 18.4. The predicted molar refractivity (Wildman–Crippen MR) is 253 cm³/mol. The normalized spacial score (nSPS) is 15.4. The molecule has 0 bridgehead atoms. The standard InChI is InChI=1S/C27H36N4O3.C17H22ClN5S.C3H8/c1-6-27(7-2)15-30(16-27)14-19-8-10-20(11-9-19)31(25(28)18(5)32)26(29)22-12-21(17(3)4)23(33)13-24(22)34;1-11-4-3-5-12(14(11)18)24-16-15(19)22-13(10-21-16)23-8-6-17(2,20)7-9-23;1-3-2/h8-13,17,28-29,33-34H,6-7,14-16H2,1-5H3;3-5,10H,6-9,20H2,1-2H3,(H2,19,22);3H2,1-2H3. The lowest BCUT2D eigenvalue weighted by Gasteiger charge is -2.50. The number of piperidine rings is 1. The van der Waals surface area contributed by atoms with Gasteiger partial charge >= 0.3 is 0 Å². The first-order valence-electron chi connectivity index (χ1n) is 21.2. The van der Waals surface area contributed by atoms with E-state index >= 15 is 0 Å². The number of aromatic nitrogens is 2. The molecule has 0 radical (unpaired) electrons. The third-order valence-electron chi connectivity index (χ3n) is 11.4. The number of nitrogens with zero attached hydrogens (tertiary/aromatic N) is 5. The van der Waals surface area contributed by atoms with Gasteiger partial charge in [0, 0.05) is 61.8 Å². The molecule has 330 valence electrons. The van der Waals surface area contributed by atoms with E-state index in [4.69, 9.17) is 33.9 Å². The number of halogens is 1. The average molecular weight is 873 g/mol. The quantitative estimate of drug-likeness (QED) is 0.0621. The number of anilines is 3. The predicted octanol–water partition coefficient (Wildman–Crippen LogP) is 10.1. The van der Waals surface area contributed by atoms with Gasteiger partial charge < -0.3 is 26.6 Å². The van der Waals surface area contributed by atoms with Crippen LogP contribution in [0.1, 0.15) is 116 Å². The number of amidine groups is 2. The molecular formula is C47H66ClN9O3S. The highest BCUT2D eigenvalue weighted by Crippen LogP contribution is 2.39. The van der Waals surface area contributed by atoms with E-state index < -0.39 is 5.78 Å². The fourth-order valence-electron chi connectivity index (χ4n) is 7.28. The fourth-order valence-corrected chi connectivity index (χ4v) is 8.38. The summed E-state index contributed by atoms with van der Waals surface area (Å²) in [5.74, 6) is -0.194. The monoisotopic (exact) mass is 871 g/mol. The van der Waals surface area contributed by atoms with Gasteiger partial charge in [-0.2, -0.15) is 0 Å². The summed E-state index contributed by atoms with van der Waals surface area (Å²) in [4.78, 5) is 27.9. The minimum Gasteiger partial charge on any atom is -0.508 e. The molecule has 4 aromatic rings. The van der Waals surface area contributed by atoms with Crippen molar-refractivity contribution in [1.82, 2.24) is 14.9 Å². The number of carbonyl (C=O) groups excluding carboxylic acids is 1. The maximum absolute atomic E-state index is 12.1. The molecule has 0 amide bonds. The lowest BCUT2D eigenvalue weighted by atomic mass is 9.75. The van der Waals surface area contributed by atoms with E-state index in [1.54, 1.807) is 24.4 Å². The Morgan fingerprint density at radius 1 is 1.00 bits per heavy atom. The van der Waals surface area contributed by atoms with Crippen molar-refractivity contribution in [3.63, 3.8) is 0 Å². The second kappa shape index (κ2) is 21.4. The number of phenolic OH excluding ortho intramolecular Hbond substituents is 2. The Kier molecular flexibility index (Phi) is 17.2. The van der Waals surface area contributed by atoms with Gasteiger partial charge in [-0.1, -0.05) is 95.6 Å². The minimum atomic E-state index is -0.493. The van der Waals surface area contributed by atoms with Crippen molar-refractivity contribution < 1.29 is 15.0 Å². The van der Waals surface area contributed by atoms with Crippen molar-refractivity contribution in [2.24, 2.45) is 11.1 Å². The van der Waals surface area contributed by atoms with Crippen LogP contribution in [0, 0.1) is 23.2 Å². The number of ketones is 1. The molecule has 12 nitrogen and oxygen atoms in total. The number of aryl methyl sites for hydroxylation is 1. The number of likely N-dealkylation sites (tertiary alicyclic amines) is 1. The van der Waals surface area contributed by atoms with Crippen molar-refractivity contribution in [2.45, 2.75) is 122 Å². The van der Waals surface area contributed by atoms with Gasteiger partial charge in [0.05, 0.1) is 16.8 Å². The molecule has 2 saturated heterocycles. The zero-order valence-corrected chi connectivity index (χ0v) is 39.0. The highest BCUT2D eigenvalue weighted by Gasteiger charge is 2.39. The first-order chi connectivity index (χ1) is 28.8. The van der Waals surface area contributed by atoms with Gasteiger partial charge in [0.15, 0.2) is 17.4 Å². The lowest BCUT2D eigenvalue weighted by molar-refractivity contribution is -0.111. The van der Waals surface area contributed by atoms with Gasteiger partial charge in [0.2, 0.25) is 0 Å². The molecule has 2 aliphatic rings. The molecule has 0 aliphatic carbocycles. The summed E-state index contributed by atoms with van der Waals surface area (Å²) < 4.78 is 0. The Morgan fingerprint density at radius 3 is 2.15 bits per heavy atom. The number of benzene rings is 3. The number of hydrogen-bond acceptors (Lipinski definition) is 12. The molecule has 61 heavy (non-hydrogen) atoms. The van der Waals surface area contributed by atoms with Crippen LogP contribution in [0.2, 0.25) is 5.02 Å². The maximum atomic E-state index is 12.1. The largest absolute Gasteiger partial charge is 0.508 e. The third-order valence-corrected chi connectivity index (χ3v) is 13.0. The van der Waals surface area contributed by atoms with Crippen LogP contribution >= 0.6 is 23.4 Å².